The predicted molar refractivity (Wildman–Crippen MR) is 100 cm³/mol. The Morgan fingerprint density at radius 3 is 2.15 bits per heavy atom. The van der Waals surface area contributed by atoms with Crippen molar-refractivity contribution in [3.63, 3.8) is 0 Å². The van der Waals surface area contributed by atoms with Crippen LogP contribution in [-0.4, -0.2) is 42.9 Å². The zero-order valence-corrected chi connectivity index (χ0v) is 15.7. The molecule has 0 spiro atoms. The Labute approximate surface area is 158 Å². The summed E-state index contributed by atoms with van der Waals surface area (Å²) in [6.45, 7) is 1.45. The predicted octanol–water partition coefficient (Wildman–Crippen LogP) is 1.86. The summed E-state index contributed by atoms with van der Waals surface area (Å²) in [5.74, 6) is -1.56. The Morgan fingerprint density at radius 1 is 1.04 bits per heavy atom. The molecular formula is C19H22N2O5S. The molecule has 7 nitrogen and oxygen atoms in total. The Hall–Kier alpha value is -2.71. The van der Waals surface area contributed by atoms with Crippen LogP contribution in [0.2, 0.25) is 0 Å². The number of carboxylic acid groups (broad SMARTS) is 1. The van der Waals surface area contributed by atoms with Gasteiger partial charge in [0.15, 0.2) is 0 Å². The van der Waals surface area contributed by atoms with Crippen LogP contribution in [0.15, 0.2) is 65.6 Å². The van der Waals surface area contributed by atoms with Crippen LogP contribution in [0, 0.1) is 0 Å². The van der Waals surface area contributed by atoms with Crippen molar-refractivity contribution in [2.24, 2.45) is 0 Å². The fourth-order valence-electron chi connectivity index (χ4n) is 2.47. The van der Waals surface area contributed by atoms with E-state index in [1.54, 1.807) is 42.5 Å². The molecule has 0 aliphatic heterocycles. The van der Waals surface area contributed by atoms with E-state index in [1.807, 2.05) is 6.07 Å². The van der Waals surface area contributed by atoms with E-state index < -0.39 is 27.9 Å². The van der Waals surface area contributed by atoms with Crippen LogP contribution >= 0.6 is 0 Å². The fraction of sp³-hybridized carbons (Fsp3) is 0.263. The van der Waals surface area contributed by atoms with Crippen molar-refractivity contribution in [1.29, 1.82) is 0 Å². The second kappa shape index (κ2) is 9.29. The maximum absolute atomic E-state index is 12.5. The number of benzene rings is 2. The number of aliphatic carboxylic acids is 1. The first-order valence-corrected chi connectivity index (χ1v) is 9.90. The van der Waals surface area contributed by atoms with E-state index in [0.29, 0.717) is 0 Å². The van der Waals surface area contributed by atoms with Crippen LogP contribution in [-0.2, 0) is 26.2 Å². The van der Waals surface area contributed by atoms with Crippen LogP contribution < -0.4 is 4.72 Å². The molecule has 0 fully saturated rings. The molecule has 1 amide bonds. The summed E-state index contributed by atoms with van der Waals surface area (Å²) in [6, 6.07) is 15.8. The molecule has 2 N–H and O–H groups in total. The van der Waals surface area contributed by atoms with Crippen molar-refractivity contribution in [2.45, 2.75) is 30.8 Å². The van der Waals surface area contributed by atoms with Gasteiger partial charge in [0, 0.05) is 19.5 Å². The molecule has 0 aliphatic rings. The van der Waals surface area contributed by atoms with Gasteiger partial charge in [-0.05, 0) is 24.6 Å². The molecular weight excluding hydrogens is 368 g/mol. The highest BCUT2D eigenvalue weighted by Gasteiger charge is 2.25. The highest BCUT2D eigenvalue weighted by Crippen LogP contribution is 2.11. The molecule has 2 aromatic rings. The van der Waals surface area contributed by atoms with E-state index in [4.69, 9.17) is 0 Å². The molecule has 2 aromatic carbocycles. The third-order valence-electron chi connectivity index (χ3n) is 4.03. The first-order chi connectivity index (χ1) is 12.8. The SMILES string of the molecule is CC(C(=O)O)N(Cc1ccccc1)C(=O)CCNS(=O)(=O)c1ccccc1. The minimum Gasteiger partial charge on any atom is -0.480 e. The van der Waals surface area contributed by atoms with Gasteiger partial charge in [0.05, 0.1) is 4.90 Å². The Morgan fingerprint density at radius 2 is 1.59 bits per heavy atom. The van der Waals surface area contributed by atoms with Crippen molar-refractivity contribution < 1.29 is 23.1 Å². The van der Waals surface area contributed by atoms with Gasteiger partial charge in [-0.3, -0.25) is 4.79 Å². The average Bonchev–Trinajstić information content (AvgIpc) is 2.66. The van der Waals surface area contributed by atoms with Crippen LogP contribution in [0.25, 0.3) is 0 Å². The molecule has 1 atom stereocenters. The minimum atomic E-state index is -3.71. The Kier molecular flexibility index (Phi) is 7.09. The van der Waals surface area contributed by atoms with Crippen LogP contribution in [0.4, 0.5) is 0 Å². The third kappa shape index (κ3) is 5.90. The van der Waals surface area contributed by atoms with Gasteiger partial charge in [-0.1, -0.05) is 48.5 Å². The molecule has 0 aromatic heterocycles. The van der Waals surface area contributed by atoms with Crippen molar-refractivity contribution in [3.8, 4) is 0 Å². The van der Waals surface area contributed by atoms with Gasteiger partial charge in [0.1, 0.15) is 6.04 Å². The number of nitrogens with zero attached hydrogens (tertiary/aromatic N) is 1. The number of carbonyl (C=O) groups is 2. The maximum Gasteiger partial charge on any atom is 0.326 e. The molecule has 0 aliphatic carbocycles. The van der Waals surface area contributed by atoms with Crippen molar-refractivity contribution in [3.05, 3.63) is 66.2 Å². The van der Waals surface area contributed by atoms with E-state index in [9.17, 15) is 23.1 Å². The zero-order valence-electron chi connectivity index (χ0n) is 14.9. The number of carbonyl (C=O) groups excluding carboxylic acids is 1. The normalized spacial score (nSPS) is 12.3. The van der Waals surface area contributed by atoms with Gasteiger partial charge in [0.25, 0.3) is 0 Å². The summed E-state index contributed by atoms with van der Waals surface area (Å²) in [7, 11) is -3.71. The molecule has 8 heteroatoms. The summed E-state index contributed by atoms with van der Waals surface area (Å²) in [5, 5.41) is 9.28. The van der Waals surface area contributed by atoms with E-state index in [2.05, 4.69) is 4.72 Å². The summed E-state index contributed by atoms with van der Waals surface area (Å²) >= 11 is 0. The van der Waals surface area contributed by atoms with Gasteiger partial charge in [-0.2, -0.15) is 0 Å². The molecule has 2 rings (SSSR count). The lowest BCUT2D eigenvalue weighted by Crippen LogP contribution is -2.43. The minimum absolute atomic E-state index is 0.109. The second-order valence-corrected chi connectivity index (χ2v) is 7.75. The number of hydrogen-bond acceptors (Lipinski definition) is 4. The number of nitrogens with one attached hydrogen (secondary N) is 1. The molecule has 1 unspecified atom stereocenters. The molecule has 144 valence electrons. The van der Waals surface area contributed by atoms with Gasteiger partial charge < -0.3 is 10.0 Å². The first kappa shape index (κ1) is 20.6. The summed E-state index contributed by atoms with van der Waals surface area (Å²) in [6.07, 6.45) is -0.142. The molecule has 0 heterocycles. The Bertz CT molecular complexity index is 869. The van der Waals surface area contributed by atoms with Crippen molar-refractivity contribution in [1.82, 2.24) is 9.62 Å². The highest BCUT2D eigenvalue weighted by molar-refractivity contribution is 7.89. The number of sulfonamides is 1. The first-order valence-electron chi connectivity index (χ1n) is 8.42. The second-order valence-electron chi connectivity index (χ2n) is 5.98. The van der Waals surface area contributed by atoms with Crippen LogP contribution in [0.1, 0.15) is 18.9 Å². The van der Waals surface area contributed by atoms with Crippen molar-refractivity contribution >= 4 is 21.9 Å². The van der Waals surface area contributed by atoms with E-state index >= 15 is 0 Å². The lowest BCUT2D eigenvalue weighted by Gasteiger charge is -2.27. The van der Waals surface area contributed by atoms with Crippen molar-refractivity contribution in [2.75, 3.05) is 6.54 Å². The number of carboxylic acids is 1. The number of hydrogen-bond donors (Lipinski definition) is 2. The molecule has 0 saturated heterocycles. The van der Waals surface area contributed by atoms with Gasteiger partial charge in [0.2, 0.25) is 15.9 Å². The third-order valence-corrected chi connectivity index (χ3v) is 5.50. The maximum atomic E-state index is 12.5. The van der Waals surface area contributed by atoms with E-state index in [0.717, 1.165) is 5.56 Å². The van der Waals surface area contributed by atoms with E-state index in [-0.39, 0.29) is 24.4 Å². The number of rotatable bonds is 9. The van der Waals surface area contributed by atoms with Gasteiger partial charge in [-0.25, -0.2) is 17.9 Å². The topological polar surface area (TPSA) is 104 Å². The smallest absolute Gasteiger partial charge is 0.326 e. The lowest BCUT2D eigenvalue weighted by molar-refractivity contribution is -0.150. The van der Waals surface area contributed by atoms with Gasteiger partial charge in [-0.15, -0.1) is 0 Å². The standard InChI is InChI=1S/C19H22N2O5S/c1-15(19(23)24)21(14-16-8-4-2-5-9-16)18(22)12-13-20-27(25,26)17-10-6-3-7-11-17/h2-11,15,20H,12-14H2,1H3,(H,23,24). The number of amides is 1. The van der Waals surface area contributed by atoms with Crippen LogP contribution in [0.5, 0.6) is 0 Å². The van der Waals surface area contributed by atoms with Crippen LogP contribution in [0.3, 0.4) is 0 Å². The lowest BCUT2D eigenvalue weighted by atomic mass is 10.1. The molecule has 0 radical (unpaired) electrons. The summed E-state index contributed by atoms with van der Waals surface area (Å²) in [4.78, 5) is 25.2. The molecule has 0 saturated carbocycles. The largest absolute Gasteiger partial charge is 0.480 e. The fourth-order valence-corrected chi connectivity index (χ4v) is 3.53. The molecule has 27 heavy (non-hydrogen) atoms. The molecule has 0 bridgehead atoms. The summed E-state index contributed by atoms with van der Waals surface area (Å²) in [5.41, 5.74) is 0.795. The van der Waals surface area contributed by atoms with Gasteiger partial charge >= 0.3 is 5.97 Å². The quantitative estimate of drug-likeness (QED) is 0.680. The Balaban J connectivity index is 2.02. The van der Waals surface area contributed by atoms with E-state index in [1.165, 1.54) is 24.0 Å². The highest BCUT2D eigenvalue weighted by atomic mass is 32.2. The average molecular weight is 390 g/mol. The zero-order chi connectivity index (χ0) is 19.9. The summed E-state index contributed by atoms with van der Waals surface area (Å²) < 4.78 is 26.7. The monoisotopic (exact) mass is 390 g/mol.